The van der Waals surface area contributed by atoms with E-state index in [1.165, 1.54) is 19.4 Å². The minimum Gasteiger partial charge on any atom is -0.465 e. The molecule has 0 spiro atoms. The van der Waals surface area contributed by atoms with Crippen molar-refractivity contribution in [2.45, 2.75) is 13.5 Å². The van der Waals surface area contributed by atoms with E-state index in [9.17, 15) is 9.59 Å². The van der Waals surface area contributed by atoms with Gasteiger partial charge in [-0.3, -0.25) is 9.48 Å². The predicted molar refractivity (Wildman–Crippen MR) is 62.3 cm³/mol. The summed E-state index contributed by atoms with van der Waals surface area (Å²) >= 11 is 0. The van der Waals surface area contributed by atoms with Crippen LogP contribution in [0.2, 0.25) is 0 Å². The van der Waals surface area contributed by atoms with Gasteiger partial charge in [-0.25, -0.2) is 4.79 Å². The molecule has 0 saturated carbocycles. The summed E-state index contributed by atoms with van der Waals surface area (Å²) < 4.78 is 11.4. The number of carbonyl (C=O) groups is 2. The number of ether oxygens (including phenoxy) is 1. The van der Waals surface area contributed by atoms with Gasteiger partial charge in [-0.05, 0) is 6.92 Å². The second kappa shape index (κ2) is 4.87. The SMILES string of the molecule is CCn1cc(C=O)c(-c2cc(C(=O)OC)co2)n1. The van der Waals surface area contributed by atoms with E-state index >= 15 is 0 Å². The number of esters is 1. The molecule has 94 valence electrons. The van der Waals surface area contributed by atoms with E-state index in [1.807, 2.05) is 6.92 Å². The van der Waals surface area contributed by atoms with Crippen LogP contribution in [0.5, 0.6) is 0 Å². The molecule has 2 aromatic heterocycles. The van der Waals surface area contributed by atoms with Gasteiger partial charge in [-0.2, -0.15) is 5.10 Å². The Labute approximate surface area is 103 Å². The van der Waals surface area contributed by atoms with E-state index in [4.69, 9.17) is 4.42 Å². The zero-order valence-corrected chi connectivity index (χ0v) is 10.0. The van der Waals surface area contributed by atoms with Gasteiger partial charge in [0, 0.05) is 18.8 Å². The lowest BCUT2D eigenvalue weighted by Gasteiger charge is -1.92. The molecular formula is C12H12N2O4. The molecule has 0 fully saturated rings. The van der Waals surface area contributed by atoms with Crippen molar-refractivity contribution in [1.82, 2.24) is 9.78 Å². The van der Waals surface area contributed by atoms with E-state index in [-0.39, 0.29) is 5.56 Å². The monoisotopic (exact) mass is 248 g/mol. The van der Waals surface area contributed by atoms with Crippen molar-refractivity contribution in [3.8, 4) is 11.5 Å². The molecule has 6 nitrogen and oxygen atoms in total. The maximum Gasteiger partial charge on any atom is 0.341 e. The summed E-state index contributed by atoms with van der Waals surface area (Å²) in [5.74, 6) is -0.128. The second-order valence-electron chi connectivity index (χ2n) is 3.60. The van der Waals surface area contributed by atoms with Crippen LogP contribution in [0.1, 0.15) is 27.6 Å². The number of methoxy groups -OCH3 is 1. The van der Waals surface area contributed by atoms with Crippen molar-refractivity contribution in [2.75, 3.05) is 7.11 Å². The average molecular weight is 248 g/mol. The lowest BCUT2D eigenvalue weighted by Crippen LogP contribution is -1.98. The molecule has 0 N–H and O–H groups in total. The number of hydrogen-bond acceptors (Lipinski definition) is 5. The first-order valence-electron chi connectivity index (χ1n) is 5.39. The Hall–Kier alpha value is -2.37. The van der Waals surface area contributed by atoms with Crippen LogP contribution in [-0.4, -0.2) is 29.1 Å². The van der Waals surface area contributed by atoms with Crippen LogP contribution in [0.15, 0.2) is 22.9 Å². The Bertz CT molecular complexity index is 583. The molecule has 18 heavy (non-hydrogen) atoms. The Kier molecular flexibility index (Phi) is 3.27. The molecule has 0 aliphatic carbocycles. The minimum absolute atomic E-state index is 0.287. The fraction of sp³-hybridized carbons (Fsp3) is 0.250. The molecule has 0 aliphatic heterocycles. The minimum atomic E-state index is -0.493. The average Bonchev–Trinajstić information content (AvgIpc) is 3.03. The van der Waals surface area contributed by atoms with Crippen LogP contribution < -0.4 is 0 Å². The molecule has 0 saturated heterocycles. The van der Waals surface area contributed by atoms with Gasteiger partial charge in [0.2, 0.25) is 0 Å². The Morgan fingerprint density at radius 1 is 1.61 bits per heavy atom. The van der Waals surface area contributed by atoms with Crippen molar-refractivity contribution in [3.05, 3.63) is 29.7 Å². The molecule has 2 rings (SSSR count). The number of aryl methyl sites for hydroxylation is 1. The van der Waals surface area contributed by atoms with E-state index < -0.39 is 5.97 Å². The molecule has 0 amide bonds. The van der Waals surface area contributed by atoms with E-state index in [0.717, 1.165) is 0 Å². The molecule has 2 aromatic rings. The van der Waals surface area contributed by atoms with Gasteiger partial charge < -0.3 is 9.15 Å². The molecule has 0 aliphatic rings. The quantitative estimate of drug-likeness (QED) is 0.608. The number of carbonyl (C=O) groups excluding carboxylic acids is 2. The van der Waals surface area contributed by atoms with Crippen molar-refractivity contribution in [2.24, 2.45) is 0 Å². The highest BCUT2D eigenvalue weighted by molar-refractivity contribution is 5.91. The van der Waals surface area contributed by atoms with Gasteiger partial charge in [0.15, 0.2) is 12.0 Å². The van der Waals surface area contributed by atoms with Crippen LogP contribution in [0, 0.1) is 0 Å². The topological polar surface area (TPSA) is 74.3 Å². The Balaban J connectivity index is 2.42. The highest BCUT2D eigenvalue weighted by Gasteiger charge is 2.17. The normalized spacial score (nSPS) is 10.3. The Morgan fingerprint density at radius 2 is 2.39 bits per heavy atom. The third-order valence-electron chi connectivity index (χ3n) is 2.49. The molecular weight excluding hydrogens is 236 g/mol. The van der Waals surface area contributed by atoms with Crippen LogP contribution in [-0.2, 0) is 11.3 Å². The number of hydrogen-bond donors (Lipinski definition) is 0. The number of aromatic nitrogens is 2. The highest BCUT2D eigenvalue weighted by Crippen LogP contribution is 2.23. The molecule has 0 radical (unpaired) electrons. The summed E-state index contributed by atoms with van der Waals surface area (Å²) in [5, 5.41) is 4.21. The van der Waals surface area contributed by atoms with Crippen LogP contribution in [0.3, 0.4) is 0 Å². The maximum absolute atomic E-state index is 11.3. The van der Waals surface area contributed by atoms with Crippen LogP contribution >= 0.6 is 0 Å². The number of furan rings is 1. The predicted octanol–water partition coefficient (Wildman–Crippen LogP) is 1.76. The molecule has 0 aromatic carbocycles. The first kappa shape index (κ1) is 12.1. The molecule has 0 unspecified atom stereocenters. The van der Waals surface area contributed by atoms with Crippen molar-refractivity contribution < 1.29 is 18.7 Å². The number of aldehydes is 1. The molecule has 0 bridgehead atoms. The number of rotatable bonds is 4. The third-order valence-corrected chi connectivity index (χ3v) is 2.49. The smallest absolute Gasteiger partial charge is 0.341 e. The largest absolute Gasteiger partial charge is 0.465 e. The van der Waals surface area contributed by atoms with E-state index in [1.54, 1.807) is 10.9 Å². The molecule has 6 heteroatoms. The van der Waals surface area contributed by atoms with E-state index in [2.05, 4.69) is 9.84 Å². The van der Waals surface area contributed by atoms with Gasteiger partial charge in [0.1, 0.15) is 12.0 Å². The highest BCUT2D eigenvalue weighted by atomic mass is 16.5. The van der Waals surface area contributed by atoms with Crippen LogP contribution in [0.4, 0.5) is 0 Å². The molecule has 2 heterocycles. The standard InChI is InChI=1S/C12H12N2O4/c1-3-14-5-9(6-15)11(13-14)10-4-8(7-18-10)12(16)17-2/h4-7H,3H2,1-2H3. The van der Waals surface area contributed by atoms with Gasteiger partial charge in [0.25, 0.3) is 0 Å². The lowest BCUT2D eigenvalue weighted by molar-refractivity contribution is 0.0600. The van der Waals surface area contributed by atoms with Gasteiger partial charge in [-0.1, -0.05) is 0 Å². The fourth-order valence-corrected chi connectivity index (χ4v) is 1.56. The maximum atomic E-state index is 11.3. The van der Waals surface area contributed by atoms with Gasteiger partial charge in [-0.15, -0.1) is 0 Å². The fourth-order valence-electron chi connectivity index (χ4n) is 1.56. The first-order chi connectivity index (χ1) is 8.69. The summed E-state index contributed by atoms with van der Waals surface area (Å²) in [6.45, 7) is 2.55. The molecule has 0 atom stereocenters. The van der Waals surface area contributed by atoms with Crippen molar-refractivity contribution >= 4 is 12.3 Å². The zero-order chi connectivity index (χ0) is 13.1. The lowest BCUT2D eigenvalue weighted by atomic mass is 10.2. The first-order valence-corrected chi connectivity index (χ1v) is 5.39. The summed E-state index contributed by atoms with van der Waals surface area (Å²) in [6.07, 6.45) is 3.61. The van der Waals surface area contributed by atoms with Gasteiger partial charge in [0.05, 0.1) is 18.2 Å². The number of nitrogens with zero attached hydrogens (tertiary/aromatic N) is 2. The second-order valence-corrected chi connectivity index (χ2v) is 3.60. The zero-order valence-electron chi connectivity index (χ0n) is 10.0. The Morgan fingerprint density at radius 3 is 3.00 bits per heavy atom. The van der Waals surface area contributed by atoms with Crippen LogP contribution in [0.25, 0.3) is 11.5 Å². The van der Waals surface area contributed by atoms with Crippen molar-refractivity contribution in [3.63, 3.8) is 0 Å². The summed E-state index contributed by atoms with van der Waals surface area (Å²) in [7, 11) is 1.29. The summed E-state index contributed by atoms with van der Waals surface area (Å²) in [5.41, 5.74) is 1.13. The van der Waals surface area contributed by atoms with E-state index in [0.29, 0.717) is 29.8 Å². The van der Waals surface area contributed by atoms with Gasteiger partial charge >= 0.3 is 5.97 Å². The third kappa shape index (κ3) is 2.04. The van der Waals surface area contributed by atoms with Crippen molar-refractivity contribution in [1.29, 1.82) is 0 Å². The summed E-state index contributed by atoms with van der Waals surface area (Å²) in [6, 6.07) is 1.50. The summed E-state index contributed by atoms with van der Waals surface area (Å²) in [4.78, 5) is 22.2.